The molecule has 0 unspecified atom stereocenters. The Morgan fingerprint density at radius 2 is 1.77 bits per heavy atom. The van der Waals surface area contributed by atoms with E-state index in [0.29, 0.717) is 18.5 Å². The van der Waals surface area contributed by atoms with Gasteiger partial charge < -0.3 is 16.0 Å². The molecule has 1 aliphatic carbocycles. The predicted octanol–water partition coefficient (Wildman–Crippen LogP) is 2.51. The number of halogens is 1. The van der Waals surface area contributed by atoms with Gasteiger partial charge in [-0.15, -0.1) is 24.0 Å². The van der Waals surface area contributed by atoms with Crippen LogP contribution >= 0.6 is 24.0 Å². The number of aliphatic imine (C=N–C) groups is 1. The fourth-order valence-electron chi connectivity index (χ4n) is 2.00. The molecule has 0 radical (unpaired) electrons. The minimum atomic E-state index is 0. The highest BCUT2D eigenvalue weighted by atomic mass is 127. The number of carbonyl (C=O) groups excluding carboxylic acids is 1. The zero-order valence-electron chi connectivity index (χ0n) is 14.5. The van der Waals surface area contributed by atoms with Gasteiger partial charge in [0, 0.05) is 32.1 Å². The van der Waals surface area contributed by atoms with E-state index in [-0.39, 0.29) is 35.8 Å². The van der Waals surface area contributed by atoms with Crippen LogP contribution in [0.25, 0.3) is 0 Å². The number of carbonyl (C=O) groups is 1. The fraction of sp³-hybridized carbons (Fsp3) is 0.875. The summed E-state index contributed by atoms with van der Waals surface area (Å²) in [5.74, 6) is 1.32. The number of rotatable bonds is 8. The van der Waals surface area contributed by atoms with Crippen molar-refractivity contribution in [3.05, 3.63) is 0 Å². The van der Waals surface area contributed by atoms with Crippen LogP contribution in [-0.2, 0) is 4.79 Å². The lowest BCUT2D eigenvalue weighted by atomic mass is 9.91. The van der Waals surface area contributed by atoms with E-state index in [1.807, 2.05) is 0 Å². The second-order valence-electron chi connectivity index (χ2n) is 6.92. The Morgan fingerprint density at radius 1 is 1.14 bits per heavy atom. The van der Waals surface area contributed by atoms with Gasteiger partial charge in [-0.1, -0.05) is 20.8 Å². The van der Waals surface area contributed by atoms with E-state index in [9.17, 15) is 4.79 Å². The maximum Gasteiger partial charge on any atom is 0.223 e. The van der Waals surface area contributed by atoms with E-state index in [1.165, 1.54) is 6.42 Å². The SMILES string of the molecule is CCNC(=NCCCC(C)(C)C)NCCNC(=O)C1CC1.I. The van der Waals surface area contributed by atoms with Crippen molar-refractivity contribution < 1.29 is 4.79 Å². The molecule has 6 heteroatoms. The highest BCUT2D eigenvalue weighted by molar-refractivity contribution is 14.0. The first-order chi connectivity index (χ1) is 9.92. The van der Waals surface area contributed by atoms with Gasteiger partial charge in [-0.25, -0.2) is 0 Å². The number of nitrogens with zero attached hydrogens (tertiary/aromatic N) is 1. The minimum absolute atomic E-state index is 0. The Hall–Kier alpha value is -0.530. The number of amides is 1. The molecule has 0 saturated heterocycles. The summed E-state index contributed by atoms with van der Waals surface area (Å²) >= 11 is 0. The third-order valence-electron chi connectivity index (χ3n) is 3.36. The molecule has 1 rings (SSSR count). The third kappa shape index (κ3) is 11.1. The molecule has 130 valence electrons. The molecule has 0 aromatic heterocycles. The zero-order chi connectivity index (χ0) is 15.7. The molecule has 0 bridgehead atoms. The summed E-state index contributed by atoms with van der Waals surface area (Å²) in [4.78, 5) is 16.1. The smallest absolute Gasteiger partial charge is 0.223 e. The molecule has 1 saturated carbocycles. The normalized spacial score (nSPS) is 15.0. The quantitative estimate of drug-likeness (QED) is 0.243. The Kier molecular flexibility index (Phi) is 10.8. The Labute approximate surface area is 152 Å². The van der Waals surface area contributed by atoms with Crippen molar-refractivity contribution >= 4 is 35.8 Å². The van der Waals surface area contributed by atoms with Crippen molar-refractivity contribution in [1.29, 1.82) is 0 Å². The molecule has 0 spiro atoms. The Bertz CT molecular complexity index is 349. The molecule has 3 N–H and O–H groups in total. The summed E-state index contributed by atoms with van der Waals surface area (Å²) in [6.45, 7) is 11.9. The highest BCUT2D eigenvalue weighted by Gasteiger charge is 2.28. The summed E-state index contributed by atoms with van der Waals surface area (Å²) in [5.41, 5.74) is 0.369. The fourth-order valence-corrected chi connectivity index (χ4v) is 2.00. The molecular weight excluding hydrogens is 391 g/mol. The molecule has 1 aliphatic rings. The zero-order valence-corrected chi connectivity index (χ0v) is 16.8. The number of hydrogen-bond donors (Lipinski definition) is 3. The van der Waals surface area contributed by atoms with Gasteiger partial charge in [0.05, 0.1) is 0 Å². The summed E-state index contributed by atoms with van der Waals surface area (Å²) in [6.07, 6.45) is 4.38. The van der Waals surface area contributed by atoms with Crippen LogP contribution in [-0.4, -0.2) is 38.0 Å². The van der Waals surface area contributed by atoms with Gasteiger partial charge in [0.1, 0.15) is 0 Å². The van der Waals surface area contributed by atoms with Crippen LogP contribution in [0.2, 0.25) is 0 Å². The van der Waals surface area contributed by atoms with E-state index >= 15 is 0 Å². The third-order valence-corrected chi connectivity index (χ3v) is 3.36. The van der Waals surface area contributed by atoms with E-state index in [1.54, 1.807) is 0 Å². The van der Waals surface area contributed by atoms with Gasteiger partial charge >= 0.3 is 0 Å². The van der Waals surface area contributed by atoms with Crippen molar-refractivity contribution in [2.24, 2.45) is 16.3 Å². The van der Waals surface area contributed by atoms with E-state index < -0.39 is 0 Å². The highest BCUT2D eigenvalue weighted by Crippen LogP contribution is 2.28. The summed E-state index contributed by atoms with van der Waals surface area (Å²) in [6, 6.07) is 0. The molecule has 1 fully saturated rings. The van der Waals surface area contributed by atoms with Crippen molar-refractivity contribution in [2.45, 2.75) is 53.4 Å². The van der Waals surface area contributed by atoms with Gasteiger partial charge in [0.2, 0.25) is 5.91 Å². The first kappa shape index (κ1) is 21.5. The van der Waals surface area contributed by atoms with Crippen molar-refractivity contribution in [3.8, 4) is 0 Å². The average molecular weight is 424 g/mol. The number of guanidine groups is 1. The average Bonchev–Trinajstić information content (AvgIpc) is 3.22. The van der Waals surface area contributed by atoms with E-state index in [4.69, 9.17) is 0 Å². The van der Waals surface area contributed by atoms with E-state index in [0.717, 1.165) is 38.3 Å². The van der Waals surface area contributed by atoms with Gasteiger partial charge in [-0.05, 0) is 38.0 Å². The largest absolute Gasteiger partial charge is 0.357 e. The molecule has 5 nitrogen and oxygen atoms in total. The second kappa shape index (κ2) is 11.1. The van der Waals surface area contributed by atoms with Crippen molar-refractivity contribution in [3.63, 3.8) is 0 Å². The molecular formula is C16H33IN4O. The van der Waals surface area contributed by atoms with Crippen molar-refractivity contribution in [2.75, 3.05) is 26.2 Å². The van der Waals surface area contributed by atoms with Gasteiger partial charge in [-0.2, -0.15) is 0 Å². The lowest BCUT2D eigenvalue weighted by Gasteiger charge is -2.17. The van der Waals surface area contributed by atoms with Gasteiger partial charge in [0.25, 0.3) is 0 Å². The second-order valence-corrected chi connectivity index (χ2v) is 6.92. The maximum absolute atomic E-state index is 11.5. The Morgan fingerprint density at radius 3 is 2.32 bits per heavy atom. The maximum atomic E-state index is 11.5. The van der Waals surface area contributed by atoms with E-state index in [2.05, 4.69) is 48.6 Å². The summed E-state index contributed by atoms with van der Waals surface area (Å²) in [5, 5.41) is 9.43. The van der Waals surface area contributed by atoms with Crippen LogP contribution in [0.15, 0.2) is 4.99 Å². The predicted molar refractivity (Wildman–Crippen MR) is 104 cm³/mol. The molecule has 0 aromatic rings. The van der Waals surface area contributed by atoms with Gasteiger partial charge in [-0.3, -0.25) is 9.79 Å². The Balaban J connectivity index is 0.00000441. The van der Waals surface area contributed by atoms with Crippen LogP contribution in [0.5, 0.6) is 0 Å². The van der Waals surface area contributed by atoms with Crippen LogP contribution in [0, 0.1) is 11.3 Å². The molecule has 22 heavy (non-hydrogen) atoms. The lowest BCUT2D eigenvalue weighted by molar-refractivity contribution is -0.122. The van der Waals surface area contributed by atoms with Crippen LogP contribution in [0.4, 0.5) is 0 Å². The molecule has 0 heterocycles. The minimum Gasteiger partial charge on any atom is -0.357 e. The standard InChI is InChI=1S/C16H32N4O.HI/c1-5-17-15(19-10-6-9-16(2,3)4)20-12-11-18-14(21)13-7-8-13;/h13H,5-12H2,1-4H3,(H,18,21)(H2,17,19,20);1H. The van der Waals surface area contributed by atoms with Crippen LogP contribution < -0.4 is 16.0 Å². The molecule has 0 atom stereocenters. The number of nitrogens with one attached hydrogen (secondary N) is 3. The molecule has 0 aromatic carbocycles. The van der Waals surface area contributed by atoms with Crippen molar-refractivity contribution in [1.82, 2.24) is 16.0 Å². The van der Waals surface area contributed by atoms with Crippen LogP contribution in [0.1, 0.15) is 53.4 Å². The topological polar surface area (TPSA) is 65.5 Å². The van der Waals surface area contributed by atoms with Crippen LogP contribution in [0.3, 0.4) is 0 Å². The summed E-state index contributed by atoms with van der Waals surface area (Å²) in [7, 11) is 0. The molecule has 1 amide bonds. The molecule has 0 aliphatic heterocycles. The first-order valence-electron chi connectivity index (χ1n) is 8.22. The number of hydrogen-bond acceptors (Lipinski definition) is 2. The monoisotopic (exact) mass is 424 g/mol. The lowest BCUT2D eigenvalue weighted by Crippen LogP contribution is -2.41. The first-order valence-corrected chi connectivity index (χ1v) is 8.22. The van der Waals surface area contributed by atoms with Gasteiger partial charge in [0.15, 0.2) is 5.96 Å². The summed E-state index contributed by atoms with van der Waals surface area (Å²) < 4.78 is 0.